The number of aliphatic hydroxyl groups is 2. The fraction of sp³-hybridized carbons (Fsp3) is 0.667. The van der Waals surface area contributed by atoms with Crippen LogP contribution >= 0.6 is 23.2 Å². The van der Waals surface area contributed by atoms with Crippen molar-refractivity contribution >= 4 is 70.8 Å². The van der Waals surface area contributed by atoms with E-state index in [-0.39, 0.29) is 55.7 Å². The van der Waals surface area contributed by atoms with Gasteiger partial charge in [0.2, 0.25) is 29.5 Å². The maximum absolute atomic E-state index is 13.9. The number of aliphatic hydroxyl groups excluding tert-OH is 2. The zero-order valence-corrected chi connectivity index (χ0v) is 52.0. The van der Waals surface area contributed by atoms with Crippen molar-refractivity contribution in [2.45, 2.75) is 194 Å². The van der Waals surface area contributed by atoms with Crippen molar-refractivity contribution in [1.82, 2.24) is 36.4 Å². The third kappa shape index (κ3) is 21.4. The number of carboxylic acids is 1. The Balaban J connectivity index is 0.000000306. The van der Waals surface area contributed by atoms with Crippen molar-refractivity contribution in [1.29, 1.82) is 0 Å². The number of hydrogen-bond donors (Lipinski definition) is 11. The second-order valence-corrected chi connectivity index (χ2v) is 28.1. The molecule has 2 heterocycles. The molecule has 0 aromatic heterocycles. The van der Waals surface area contributed by atoms with Gasteiger partial charge in [-0.1, -0.05) is 128 Å². The van der Waals surface area contributed by atoms with Crippen LogP contribution in [0.5, 0.6) is 0 Å². The van der Waals surface area contributed by atoms with Crippen LogP contribution in [0.15, 0.2) is 48.5 Å². The Kier molecular flexibility index (Phi) is 24.7. The summed E-state index contributed by atoms with van der Waals surface area (Å²) in [5.41, 5.74) is 15.4. The molecule has 2 aliphatic heterocycles. The fourth-order valence-electron chi connectivity index (χ4n) is 10.6. The highest BCUT2D eigenvalue weighted by molar-refractivity contribution is 6.30. The number of aliphatic carboxylic acids is 1. The molecule has 2 aliphatic carbocycles. The summed E-state index contributed by atoms with van der Waals surface area (Å²) in [4.78, 5) is 104. The number of halogens is 2. The van der Waals surface area contributed by atoms with E-state index in [4.69, 9.17) is 45.5 Å². The summed E-state index contributed by atoms with van der Waals surface area (Å²) < 4.78 is 0. The number of hydrogen-bond acceptors (Lipinski definition) is 11. The third-order valence-electron chi connectivity index (χ3n) is 15.6. The monoisotopic (exact) mass is 1200 g/mol. The number of rotatable bonds is 17. The minimum atomic E-state index is -1.51. The lowest BCUT2D eigenvalue weighted by molar-refractivity contribution is -0.142. The number of nitrogens with zero attached hydrogens (tertiary/aromatic N) is 2. The Morgan fingerprint density at radius 1 is 0.554 bits per heavy atom. The van der Waals surface area contributed by atoms with Gasteiger partial charge in [0.15, 0.2) is 6.10 Å². The Morgan fingerprint density at radius 2 is 0.916 bits per heavy atom. The maximum atomic E-state index is 13.9. The van der Waals surface area contributed by atoms with Crippen molar-refractivity contribution in [2.75, 3.05) is 26.2 Å². The zero-order chi connectivity index (χ0) is 62.7. The van der Waals surface area contributed by atoms with Crippen LogP contribution in [0.25, 0.3) is 0 Å². The molecule has 21 nitrogen and oxygen atoms in total. The molecule has 10 atom stereocenters. The highest BCUT2D eigenvalue weighted by atomic mass is 35.5. The standard InChI is InChI=1S/C30H46ClN5O5.C22H32ClN3O4.C8H16N2O2/c1-29(2,3)24(34-28(41)35-30(4,5)6)27(40)36-15-20(18-10-12-19(31)13-11-18)21(16-36)26(39)33-22(23(37)25(32)38)14-17-8-7-9-17;1-21(2,3)17(24-20(30)25-22(4,5)6)18(27)26-11-15(16(12-26)19(28)29)13-7-9-14(23)10-8-13;9-6(7(11)8(10)12)4-5-2-1-3-5/h10-13,17,20-24,37H,7-9,14-16H2,1-6H3,(H2,32,38)(H,33,39)(H2,34,35,41);7-10,15-17H,11-12H2,1-6H3,(H,28,29)(H2,24,25,30);5-7,11H,1-4,9H2,(H2,10,12)/t20-,21+,22?,23?,24+;15-,16+,17+;/m00./s1. The molecule has 464 valence electrons. The van der Waals surface area contributed by atoms with Gasteiger partial charge in [0.25, 0.3) is 0 Å². The number of benzene rings is 2. The van der Waals surface area contributed by atoms with Crippen molar-refractivity contribution in [3.05, 3.63) is 69.7 Å². The summed E-state index contributed by atoms with van der Waals surface area (Å²) in [6.07, 6.45) is 5.08. The first-order valence-electron chi connectivity index (χ1n) is 28.8. The van der Waals surface area contributed by atoms with Crippen LogP contribution in [-0.4, -0.2) is 146 Å². The van der Waals surface area contributed by atoms with Gasteiger partial charge in [-0.15, -0.1) is 0 Å². The summed E-state index contributed by atoms with van der Waals surface area (Å²) in [5, 5.41) is 44.7. The molecule has 0 spiro atoms. The summed E-state index contributed by atoms with van der Waals surface area (Å²) in [6.45, 7) is 23.1. The van der Waals surface area contributed by atoms with Crippen molar-refractivity contribution in [3.63, 3.8) is 0 Å². The molecule has 2 aromatic carbocycles. The fourth-order valence-corrected chi connectivity index (χ4v) is 10.8. The lowest BCUT2D eigenvalue weighted by Crippen LogP contribution is -2.58. The van der Waals surface area contributed by atoms with Crippen LogP contribution < -0.4 is 43.8 Å². The van der Waals surface area contributed by atoms with Gasteiger partial charge in [-0.3, -0.25) is 28.8 Å². The van der Waals surface area contributed by atoms with E-state index < -0.39 is 100.0 Å². The first-order chi connectivity index (χ1) is 38.3. The molecular formula is C60H94Cl2N10O11. The largest absolute Gasteiger partial charge is 0.481 e. The number of urea groups is 2. The van der Waals surface area contributed by atoms with Gasteiger partial charge in [0.1, 0.15) is 18.2 Å². The maximum Gasteiger partial charge on any atom is 0.315 e. The topological polar surface area (TPSA) is 342 Å². The van der Waals surface area contributed by atoms with Gasteiger partial charge in [-0.2, -0.15) is 0 Å². The van der Waals surface area contributed by atoms with E-state index in [1.54, 1.807) is 46.2 Å². The number of nitrogens with one attached hydrogen (secondary N) is 5. The van der Waals surface area contributed by atoms with E-state index in [9.17, 15) is 48.6 Å². The molecule has 14 N–H and O–H groups in total. The van der Waals surface area contributed by atoms with E-state index in [0.717, 1.165) is 30.4 Å². The van der Waals surface area contributed by atoms with E-state index >= 15 is 0 Å². The molecule has 2 aromatic rings. The Bertz CT molecular complexity index is 2560. The smallest absolute Gasteiger partial charge is 0.315 e. The SMILES string of the molecule is CC(C)(C)NC(=O)N[C@H](C(=O)N1C[C@@H](C(=O)NC(CC2CCC2)C(O)C(N)=O)[C@H](c2ccc(Cl)cc2)C1)C(C)(C)C.CC(C)(C)NC(=O)N[C@H](C(=O)N1C[C@@H](C(=O)O)[C@H](c2ccc(Cl)cc2)C1)C(C)(C)C.NC(=O)C(O)C(N)CC1CCC1. The van der Waals surface area contributed by atoms with Crippen molar-refractivity contribution in [3.8, 4) is 0 Å². The number of likely N-dealkylation sites (tertiary alicyclic amines) is 2. The Morgan fingerprint density at radius 3 is 1.24 bits per heavy atom. The number of nitrogens with two attached hydrogens (primary N) is 3. The average Bonchev–Trinajstić information content (AvgIpc) is 4.14. The first kappa shape index (κ1) is 69.8. The molecular weight excluding hydrogens is 1110 g/mol. The molecule has 2 saturated heterocycles. The van der Waals surface area contributed by atoms with Crippen molar-refractivity contribution < 1.29 is 53.7 Å². The van der Waals surface area contributed by atoms with Gasteiger partial charge >= 0.3 is 18.0 Å². The molecule has 0 radical (unpaired) electrons. The van der Waals surface area contributed by atoms with Crippen LogP contribution in [-0.2, 0) is 28.8 Å². The van der Waals surface area contributed by atoms with E-state index in [1.807, 2.05) is 95.2 Å². The zero-order valence-electron chi connectivity index (χ0n) is 50.5. The lowest BCUT2D eigenvalue weighted by Gasteiger charge is -2.34. The molecule has 9 amide bonds. The van der Waals surface area contributed by atoms with Gasteiger partial charge in [-0.05, 0) is 112 Å². The third-order valence-corrected chi connectivity index (χ3v) is 16.1. The normalized spacial score (nSPS) is 21.5. The van der Waals surface area contributed by atoms with Gasteiger partial charge in [0, 0.05) is 65.2 Å². The predicted molar refractivity (Wildman–Crippen MR) is 320 cm³/mol. The highest BCUT2D eigenvalue weighted by Gasteiger charge is 2.47. The number of carboxylic acid groups (broad SMARTS) is 1. The van der Waals surface area contributed by atoms with E-state index in [2.05, 4.69) is 26.6 Å². The van der Waals surface area contributed by atoms with E-state index in [1.165, 1.54) is 19.3 Å². The van der Waals surface area contributed by atoms with Crippen LogP contribution in [0, 0.1) is 34.5 Å². The average molecular weight is 1200 g/mol. The molecule has 23 heteroatoms. The van der Waals surface area contributed by atoms with Crippen molar-refractivity contribution in [2.24, 2.45) is 51.7 Å². The minimum Gasteiger partial charge on any atom is -0.481 e. The Hall–Kier alpha value is -5.74. The Labute approximate surface area is 500 Å². The predicted octanol–water partition coefficient (Wildman–Crippen LogP) is 5.74. The second-order valence-electron chi connectivity index (χ2n) is 27.2. The molecule has 83 heavy (non-hydrogen) atoms. The molecule has 2 saturated carbocycles. The summed E-state index contributed by atoms with van der Waals surface area (Å²) >= 11 is 12.1. The highest BCUT2D eigenvalue weighted by Crippen LogP contribution is 2.38. The van der Waals surface area contributed by atoms with Crippen LogP contribution in [0.2, 0.25) is 10.0 Å². The van der Waals surface area contributed by atoms with Crippen LogP contribution in [0.4, 0.5) is 9.59 Å². The van der Waals surface area contributed by atoms with Gasteiger partial charge < -0.3 is 68.9 Å². The summed E-state index contributed by atoms with van der Waals surface area (Å²) in [5.74, 6) is -4.69. The summed E-state index contributed by atoms with van der Waals surface area (Å²) in [6, 6.07) is 10.4. The molecule has 4 fully saturated rings. The van der Waals surface area contributed by atoms with Crippen LogP contribution in [0.3, 0.4) is 0 Å². The minimum absolute atomic E-state index is 0.0939. The summed E-state index contributed by atoms with van der Waals surface area (Å²) in [7, 11) is 0. The van der Waals surface area contributed by atoms with E-state index in [0.29, 0.717) is 34.7 Å². The molecule has 6 rings (SSSR count). The molecule has 0 bridgehead atoms. The number of primary amides is 2. The number of amides is 9. The molecule has 4 aliphatic rings. The van der Waals surface area contributed by atoms with Crippen LogP contribution in [0.1, 0.15) is 157 Å². The quantitative estimate of drug-likeness (QED) is 0.0903. The van der Waals surface area contributed by atoms with Gasteiger partial charge in [0.05, 0.1) is 17.9 Å². The lowest BCUT2D eigenvalue weighted by atomic mass is 9.79. The second kappa shape index (κ2) is 29.4. The molecule has 4 unspecified atom stereocenters. The number of carbonyl (C=O) groups excluding carboxylic acids is 7. The number of carbonyl (C=O) groups is 8. The first-order valence-corrected chi connectivity index (χ1v) is 29.5. The van der Waals surface area contributed by atoms with Gasteiger partial charge in [-0.25, -0.2) is 9.59 Å².